The topological polar surface area (TPSA) is 92.7 Å². The smallest absolute Gasteiger partial charge is 0.432 e. The van der Waals surface area contributed by atoms with Crippen LogP contribution in [0.5, 0.6) is 5.75 Å². The lowest BCUT2D eigenvalue weighted by molar-refractivity contribution is -0.248. The second-order valence-corrected chi connectivity index (χ2v) is 6.63. The lowest BCUT2D eigenvalue weighted by Gasteiger charge is -2.29. The highest BCUT2D eigenvalue weighted by molar-refractivity contribution is 7.86. The molecule has 27 heavy (non-hydrogen) atoms. The molecule has 1 rings (SSSR count). The predicted octanol–water partition coefficient (Wildman–Crippen LogP) is 3.38. The van der Waals surface area contributed by atoms with Gasteiger partial charge in [0.15, 0.2) is 10.1 Å². The summed E-state index contributed by atoms with van der Waals surface area (Å²) >= 11 is 0. The first kappa shape index (κ1) is 22.6. The van der Waals surface area contributed by atoms with Crippen molar-refractivity contribution >= 4 is 16.1 Å². The molecule has 0 bridgehead atoms. The van der Waals surface area contributed by atoms with Crippen LogP contribution < -0.4 is 4.74 Å². The van der Waals surface area contributed by atoms with Crippen LogP contribution in [-0.2, 0) is 14.9 Å². The summed E-state index contributed by atoms with van der Waals surface area (Å²) in [6, 6.07) is 4.13. The minimum absolute atomic E-state index is 0.0534. The minimum Gasteiger partial charge on any atom is -0.743 e. The van der Waals surface area contributed by atoms with Crippen LogP contribution in [0.3, 0.4) is 0 Å². The van der Waals surface area contributed by atoms with Crippen LogP contribution in [0.15, 0.2) is 48.8 Å². The van der Waals surface area contributed by atoms with Gasteiger partial charge in [0.05, 0.1) is 5.56 Å². The summed E-state index contributed by atoms with van der Waals surface area (Å²) < 4.78 is 105. The van der Waals surface area contributed by atoms with Crippen LogP contribution in [0.1, 0.15) is 17.3 Å². The molecule has 0 N–H and O–H groups in total. The summed E-state index contributed by atoms with van der Waals surface area (Å²) in [6.07, 6.45) is -10.5. The molecule has 0 saturated carbocycles. The van der Waals surface area contributed by atoms with Crippen molar-refractivity contribution in [2.24, 2.45) is 0 Å². The molecule has 150 valence electrons. The van der Waals surface area contributed by atoms with Gasteiger partial charge in [-0.25, -0.2) is 13.2 Å². The Balaban J connectivity index is 3.17. The van der Waals surface area contributed by atoms with Gasteiger partial charge in [-0.15, -0.1) is 0 Å². The number of esters is 1. The lowest BCUT2D eigenvalue weighted by Crippen LogP contribution is -2.52. The Morgan fingerprint density at radius 2 is 1.74 bits per heavy atom. The Kier molecular flexibility index (Phi) is 6.39. The maximum atomic E-state index is 13.4. The van der Waals surface area contributed by atoms with Gasteiger partial charge >= 0.3 is 17.4 Å². The fraction of sp³-hybridized carbons (Fsp3) is 0.267. The van der Waals surface area contributed by atoms with E-state index < -0.39 is 39.2 Å². The highest BCUT2D eigenvalue weighted by Gasteiger charge is 2.63. The monoisotopic (exact) mass is 415 g/mol. The Hall–Kier alpha value is -2.47. The van der Waals surface area contributed by atoms with Crippen molar-refractivity contribution in [1.29, 1.82) is 0 Å². The minimum atomic E-state index is -6.77. The molecule has 0 saturated heterocycles. The summed E-state index contributed by atoms with van der Waals surface area (Å²) in [5.41, 5.74) is -0.282. The fourth-order valence-corrected chi connectivity index (χ4v) is 1.99. The normalized spacial score (nSPS) is 13.6. The van der Waals surface area contributed by atoms with E-state index in [0.717, 1.165) is 18.2 Å². The first-order valence-corrected chi connectivity index (χ1v) is 8.22. The summed E-state index contributed by atoms with van der Waals surface area (Å²) in [6.45, 7) is 8.52. The molecule has 0 fully saturated rings. The van der Waals surface area contributed by atoms with E-state index >= 15 is 0 Å². The number of hydrogen-bond donors (Lipinski definition) is 0. The van der Waals surface area contributed by atoms with Gasteiger partial charge in [-0.3, -0.25) is 0 Å². The molecule has 0 aromatic heterocycles. The van der Waals surface area contributed by atoms with E-state index in [1.165, 1.54) is 13.0 Å². The molecule has 0 radical (unpaired) electrons. The van der Waals surface area contributed by atoms with Crippen LogP contribution in [0.25, 0.3) is 0 Å². The third-order valence-electron chi connectivity index (χ3n) is 2.95. The highest BCUT2D eigenvalue weighted by Crippen LogP contribution is 2.38. The predicted molar refractivity (Wildman–Crippen MR) is 80.9 cm³/mol. The molecule has 1 aromatic rings. The number of ether oxygens (including phenoxy) is 2. The number of benzene rings is 1. The number of carbonyl (C=O) groups is 1. The van der Waals surface area contributed by atoms with Gasteiger partial charge < -0.3 is 14.0 Å². The molecule has 6 nitrogen and oxygen atoms in total. The zero-order valence-electron chi connectivity index (χ0n) is 13.5. The zero-order chi connectivity index (χ0) is 21.2. The Morgan fingerprint density at radius 3 is 2.19 bits per heavy atom. The Bertz CT molecular complexity index is 860. The number of hydrogen-bond acceptors (Lipinski definition) is 6. The van der Waals surface area contributed by atoms with Gasteiger partial charge in [-0.2, -0.15) is 22.0 Å². The van der Waals surface area contributed by atoms with Gasteiger partial charge in [-0.05, 0) is 30.7 Å². The maximum Gasteiger partial charge on any atom is 0.432 e. The first-order valence-electron chi connectivity index (χ1n) is 6.81. The zero-order valence-corrected chi connectivity index (χ0v) is 14.4. The molecule has 0 aliphatic rings. The largest absolute Gasteiger partial charge is 0.743 e. The number of rotatable bonds is 7. The quantitative estimate of drug-likeness (QED) is 0.223. The fourth-order valence-electron chi connectivity index (χ4n) is 1.55. The van der Waals surface area contributed by atoms with Gasteiger partial charge in [0.25, 0.3) is 6.10 Å². The van der Waals surface area contributed by atoms with Crippen LogP contribution in [0, 0.1) is 0 Å². The molecule has 0 amide bonds. The molecule has 0 aliphatic carbocycles. The Morgan fingerprint density at radius 1 is 1.19 bits per heavy atom. The summed E-state index contributed by atoms with van der Waals surface area (Å²) in [5.74, 6) is -2.01. The molecule has 12 heteroatoms. The maximum absolute atomic E-state index is 13.4. The molecular weight excluding hydrogens is 403 g/mol. The van der Waals surface area contributed by atoms with E-state index in [2.05, 4.69) is 17.9 Å². The third kappa shape index (κ3) is 5.50. The number of halogens is 5. The molecule has 1 unspecified atom stereocenters. The van der Waals surface area contributed by atoms with E-state index in [9.17, 15) is 39.7 Å². The van der Waals surface area contributed by atoms with E-state index in [0.29, 0.717) is 5.57 Å². The van der Waals surface area contributed by atoms with Crippen molar-refractivity contribution in [3.05, 3.63) is 54.3 Å². The summed E-state index contributed by atoms with van der Waals surface area (Å²) in [7, 11) is -6.77. The van der Waals surface area contributed by atoms with E-state index in [4.69, 9.17) is 4.74 Å². The molecule has 0 heterocycles. The molecular formula is C15H12F5O6S-. The second kappa shape index (κ2) is 7.64. The number of alkyl halides is 5. The van der Waals surface area contributed by atoms with E-state index in [1.54, 1.807) is 0 Å². The number of carbonyl (C=O) groups excluding carboxylic acids is 1. The van der Waals surface area contributed by atoms with Gasteiger partial charge in [0.2, 0.25) is 0 Å². The molecule has 0 aliphatic heterocycles. The van der Waals surface area contributed by atoms with Crippen molar-refractivity contribution < 1.29 is 49.2 Å². The van der Waals surface area contributed by atoms with Gasteiger partial charge in [0.1, 0.15) is 11.5 Å². The summed E-state index contributed by atoms with van der Waals surface area (Å²) in [5, 5.41) is -5.93. The Labute approximate surface area is 150 Å². The average Bonchev–Trinajstić information content (AvgIpc) is 2.50. The van der Waals surface area contributed by atoms with Crippen molar-refractivity contribution in [2.45, 2.75) is 24.5 Å². The standard InChI is InChI=1S/C15H13F5O6S/c1-8(2)9(3)25-11-6-4-5-10(7-11)12(21)26-13(14(16,17)18)15(19,20)27(22,23)24/h4-7,13H,1,3H2,2H3,(H,22,23,24)/p-1. The van der Waals surface area contributed by atoms with Crippen LogP contribution in [0.4, 0.5) is 22.0 Å². The first-order chi connectivity index (χ1) is 12.1. The lowest BCUT2D eigenvalue weighted by atomic mass is 10.2. The van der Waals surface area contributed by atoms with E-state index in [-0.39, 0.29) is 11.5 Å². The van der Waals surface area contributed by atoms with Gasteiger partial charge in [0, 0.05) is 0 Å². The number of allylic oxidation sites excluding steroid dienone is 1. The SMILES string of the molecule is C=C(C)C(=C)Oc1cccc(C(=O)OC(C(F)(F)F)C(F)(F)S(=O)(=O)[O-])c1. The van der Waals surface area contributed by atoms with Crippen molar-refractivity contribution in [2.75, 3.05) is 0 Å². The average molecular weight is 415 g/mol. The summed E-state index contributed by atoms with van der Waals surface area (Å²) in [4.78, 5) is 11.8. The van der Waals surface area contributed by atoms with Crippen molar-refractivity contribution in [3.8, 4) is 5.75 Å². The molecule has 1 atom stereocenters. The molecule has 0 spiro atoms. The van der Waals surface area contributed by atoms with Crippen LogP contribution in [-0.4, -0.2) is 36.5 Å². The van der Waals surface area contributed by atoms with Crippen LogP contribution >= 0.6 is 0 Å². The highest BCUT2D eigenvalue weighted by atomic mass is 32.2. The second-order valence-electron chi connectivity index (χ2n) is 5.18. The van der Waals surface area contributed by atoms with Gasteiger partial charge in [-0.1, -0.05) is 19.2 Å². The van der Waals surface area contributed by atoms with Crippen molar-refractivity contribution in [3.63, 3.8) is 0 Å². The third-order valence-corrected chi connectivity index (χ3v) is 3.83. The van der Waals surface area contributed by atoms with Crippen molar-refractivity contribution in [1.82, 2.24) is 0 Å². The molecule has 1 aromatic carbocycles. The van der Waals surface area contributed by atoms with Crippen LogP contribution in [0.2, 0.25) is 0 Å². The van der Waals surface area contributed by atoms with E-state index in [1.807, 2.05) is 0 Å².